The van der Waals surface area contributed by atoms with Gasteiger partial charge in [-0.15, -0.1) is 0 Å². The van der Waals surface area contributed by atoms with Gasteiger partial charge in [-0.1, -0.05) is 65.2 Å². The Hall–Kier alpha value is 1.37. The standard InChI is InChI=1S/C14H31O4P.Ca/c1-3-5-7-9-11-14(12-10-8-6-4-2)13-18-19(15,16)17;/h14H,3-13H2,1-2H3,(H2,15,16,17);/q;+2/p-2. The monoisotopic (exact) mass is 332 g/mol. The van der Waals surface area contributed by atoms with Crippen molar-refractivity contribution in [3.63, 3.8) is 0 Å². The summed E-state index contributed by atoms with van der Waals surface area (Å²) in [7, 11) is -4.81. The van der Waals surface area contributed by atoms with E-state index in [0.29, 0.717) is 0 Å². The van der Waals surface area contributed by atoms with Crippen LogP contribution in [0.1, 0.15) is 78.1 Å². The van der Waals surface area contributed by atoms with Gasteiger partial charge in [0.25, 0.3) is 0 Å². The first kappa shape index (κ1) is 23.6. The van der Waals surface area contributed by atoms with E-state index >= 15 is 0 Å². The molecule has 0 N–H and O–H groups in total. The van der Waals surface area contributed by atoms with Gasteiger partial charge in [0.15, 0.2) is 0 Å². The van der Waals surface area contributed by atoms with E-state index in [1.54, 1.807) is 0 Å². The van der Waals surface area contributed by atoms with Crippen molar-refractivity contribution in [2.45, 2.75) is 78.1 Å². The molecule has 0 saturated carbocycles. The molecule has 0 radical (unpaired) electrons. The molecule has 6 heteroatoms. The Kier molecular flexibility index (Phi) is 18.0. The molecule has 4 nitrogen and oxygen atoms in total. The van der Waals surface area contributed by atoms with Gasteiger partial charge in [0, 0.05) is 0 Å². The Labute approximate surface area is 154 Å². The van der Waals surface area contributed by atoms with E-state index in [0.717, 1.165) is 25.7 Å². The molecule has 0 rings (SSSR count). The number of phosphoric ester groups is 1. The van der Waals surface area contributed by atoms with Crippen LogP contribution in [0.3, 0.4) is 0 Å². The molecule has 0 aliphatic carbocycles. The van der Waals surface area contributed by atoms with Crippen LogP contribution >= 0.6 is 7.82 Å². The zero-order chi connectivity index (χ0) is 14.6. The van der Waals surface area contributed by atoms with Gasteiger partial charge in [0.05, 0.1) is 14.4 Å². The molecule has 0 saturated heterocycles. The summed E-state index contributed by atoms with van der Waals surface area (Å²) < 4.78 is 15.0. The fraction of sp³-hybridized carbons (Fsp3) is 1.00. The number of phosphoric acid groups is 1. The van der Waals surface area contributed by atoms with E-state index in [9.17, 15) is 14.4 Å². The van der Waals surface area contributed by atoms with Crippen LogP contribution in [-0.4, -0.2) is 44.3 Å². The fourth-order valence-electron chi connectivity index (χ4n) is 2.23. The summed E-state index contributed by atoms with van der Waals surface area (Å²) in [5, 5.41) is 0. The Morgan fingerprint density at radius 1 is 0.900 bits per heavy atom. The largest absolute Gasteiger partial charge is 2.00 e. The van der Waals surface area contributed by atoms with Gasteiger partial charge in [0.1, 0.15) is 0 Å². The van der Waals surface area contributed by atoms with E-state index in [4.69, 9.17) is 0 Å². The van der Waals surface area contributed by atoms with Gasteiger partial charge in [-0.25, -0.2) is 0 Å². The maximum atomic E-state index is 10.5. The van der Waals surface area contributed by atoms with E-state index in [1.807, 2.05) is 0 Å². The second-order valence-electron chi connectivity index (χ2n) is 5.31. The average Bonchev–Trinajstić information content (AvgIpc) is 2.34. The van der Waals surface area contributed by atoms with E-state index < -0.39 is 7.82 Å². The zero-order valence-corrected chi connectivity index (χ0v) is 16.2. The number of rotatable bonds is 13. The van der Waals surface area contributed by atoms with Crippen molar-refractivity contribution in [3.8, 4) is 0 Å². The van der Waals surface area contributed by atoms with Crippen molar-refractivity contribution in [1.82, 2.24) is 0 Å². The molecule has 0 unspecified atom stereocenters. The molecule has 0 aliphatic heterocycles. The molecule has 0 aliphatic rings. The summed E-state index contributed by atoms with van der Waals surface area (Å²) in [6.07, 6.45) is 11.3. The number of hydrogen-bond donors (Lipinski definition) is 0. The van der Waals surface area contributed by atoms with Crippen LogP contribution in [0.5, 0.6) is 0 Å². The fourth-order valence-corrected chi connectivity index (χ4v) is 2.62. The first-order chi connectivity index (χ1) is 8.99. The van der Waals surface area contributed by atoms with Crippen molar-refractivity contribution in [2.24, 2.45) is 5.92 Å². The Balaban J connectivity index is 0. The molecule has 0 atom stereocenters. The molecule has 0 spiro atoms. The van der Waals surface area contributed by atoms with Crippen LogP contribution in [-0.2, 0) is 9.09 Å². The Bertz CT molecular complexity index is 233. The van der Waals surface area contributed by atoms with Crippen molar-refractivity contribution < 1.29 is 18.9 Å². The summed E-state index contributed by atoms with van der Waals surface area (Å²) in [6, 6.07) is 0. The summed E-state index contributed by atoms with van der Waals surface area (Å²) in [5.41, 5.74) is 0. The minimum atomic E-state index is -4.81. The SMILES string of the molecule is CCCCCCC(CCCCCC)COP(=O)([O-])[O-].[Ca+2]. The molecule has 0 aromatic rings. The van der Waals surface area contributed by atoms with Crippen LogP contribution in [0.25, 0.3) is 0 Å². The Morgan fingerprint density at radius 2 is 1.35 bits per heavy atom. The van der Waals surface area contributed by atoms with E-state index in [2.05, 4.69) is 18.4 Å². The van der Waals surface area contributed by atoms with Crippen molar-refractivity contribution >= 4 is 45.6 Å². The third-order valence-electron chi connectivity index (χ3n) is 3.40. The smallest absolute Gasteiger partial charge is 0.790 e. The molecule has 116 valence electrons. The first-order valence-electron chi connectivity index (χ1n) is 7.66. The van der Waals surface area contributed by atoms with Crippen LogP contribution in [0.15, 0.2) is 0 Å². The molecular formula is C14H29CaO4P. The molecule has 0 bridgehead atoms. The molecule has 0 aromatic heterocycles. The van der Waals surface area contributed by atoms with E-state index in [-0.39, 0.29) is 50.3 Å². The summed E-state index contributed by atoms with van der Waals surface area (Å²) in [5.74, 6) is 0.213. The Morgan fingerprint density at radius 3 is 1.70 bits per heavy atom. The van der Waals surface area contributed by atoms with Crippen LogP contribution < -0.4 is 9.79 Å². The molecule has 0 aromatic carbocycles. The topological polar surface area (TPSA) is 72.4 Å². The number of hydrogen-bond acceptors (Lipinski definition) is 4. The average molecular weight is 332 g/mol. The van der Waals surface area contributed by atoms with Crippen molar-refractivity contribution in [2.75, 3.05) is 6.61 Å². The first-order valence-corrected chi connectivity index (χ1v) is 9.12. The van der Waals surface area contributed by atoms with Crippen LogP contribution in [0, 0.1) is 5.92 Å². The quantitative estimate of drug-likeness (QED) is 0.295. The molecule has 0 fully saturated rings. The summed E-state index contributed by atoms with van der Waals surface area (Å²) >= 11 is 0. The normalized spacial score (nSPS) is 11.7. The van der Waals surface area contributed by atoms with Crippen molar-refractivity contribution in [1.29, 1.82) is 0 Å². The van der Waals surface area contributed by atoms with E-state index in [1.165, 1.54) is 38.5 Å². The molecule has 0 amide bonds. The predicted molar refractivity (Wildman–Crippen MR) is 80.3 cm³/mol. The predicted octanol–water partition coefficient (Wildman–Crippen LogP) is 3.01. The number of unbranched alkanes of at least 4 members (excludes halogenated alkanes) is 6. The van der Waals surface area contributed by atoms with Gasteiger partial charge in [-0.3, -0.25) is 0 Å². The van der Waals surface area contributed by atoms with Gasteiger partial charge in [-0.05, 0) is 18.8 Å². The van der Waals surface area contributed by atoms with Crippen LogP contribution in [0.2, 0.25) is 0 Å². The maximum absolute atomic E-state index is 10.5. The third kappa shape index (κ3) is 17.4. The summed E-state index contributed by atoms with van der Waals surface area (Å²) in [6.45, 7) is 4.40. The van der Waals surface area contributed by atoms with Crippen molar-refractivity contribution in [3.05, 3.63) is 0 Å². The maximum Gasteiger partial charge on any atom is 2.00 e. The second kappa shape index (κ2) is 15.3. The molecule has 0 heterocycles. The minimum absolute atomic E-state index is 0. The molecular weight excluding hydrogens is 303 g/mol. The minimum Gasteiger partial charge on any atom is -0.790 e. The van der Waals surface area contributed by atoms with Gasteiger partial charge in [0.2, 0.25) is 0 Å². The van der Waals surface area contributed by atoms with Gasteiger partial charge < -0.3 is 18.9 Å². The van der Waals surface area contributed by atoms with Gasteiger partial charge in [-0.2, -0.15) is 0 Å². The third-order valence-corrected chi connectivity index (χ3v) is 3.87. The summed E-state index contributed by atoms with van der Waals surface area (Å²) in [4.78, 5) is 21.1. The van der Waals surface area contributed by atoms with Gasteiger partial charge >= 0.3 is 37.7 Å². The second-order valence-corrected chi connectivity index (χ2v) is 6.46. The van der Waals surface area contributed by atoms with Crippen LogP contribution in [0.4, 0.5) is 0 Å². The zero-order valence-electron chi connectivity index (χ0n) is 13.1. The molecule has 20 heavy (non-hydrogen) atoms.